The molecule has 5 atom stereocenters. The first-order chi connectivity index (χ1) is 8.84. The Balaban J connectivity index is 0.000000621. The van der Waals surface area contributed by atoms with E-state index < -0.39 is 50.4 Å². The largest absolute Gasteiger partial charge is 0.466 e. The molecule has 0 spiro atoms. The van der Waals surface area contributed by atoms with Gasteiger partial charge in [-0.1, -0.05) is 0 Å². The molecule has 1 rings (SSSR count). The zero-order chi connectivity index (χ0) is 16.3. The molecule has 9 N–H and O–H groups in total. The Kier molecular flexibility index (Phi) is 6.84. The van der Waals surface area contributed by atoms with Gasteiger partial charge in [-0.2, -0.15) is 0 Å². The predicted molar refractivity (Wildman–Crippen MR) is 61.8 cm³/mol. The van der Waals surface area contributed by atoms with Crippen LogP contribution in [0.5, 0.6) is 0 Å². The van der Waals surface area contributed by atoms with Crippen molar-refractivity contribution in [1.29, 1.82) is 0 Å². The van der Waals surface area contributed by atoms with E-state index in [4.69, 9.17) is 34.8 Å². The monoisotopic (exact) mass is 319 g/mol. The van der Waals surface area contributed by atoms with Crippen LogP contribution in [0.15, 0.2) is 0 Å². The Morgan fingerprint density at radius 2 is 1.70 bits per heavy atom. The summed E-state index contributed by atoms with van der Waals surface area (Å²) in [5.41, 5.74) is 5.38. The van der Waals surface area contributed by atoms with E-state index in [-0.39, 0.29) is 0 Å². The van der Waals surface area contributed by atoms with Gasteiger partial charge in [0.25, 0.3) is 0 Å². The van der Waals surface area contributed by atoms with Crippen LogP contribution < -0.4 is 5.73 Å². The van der Waals surface area contributed by atoms with E-state index in [2.05, 4.69) is 0 Å². The van der Waals surface area contributed by atoms with Crippen LogP contribution in [0.2, 0.25) is 0 Å². The van der Waals surface area contributed by atoms with E-state index in [0.29, 0.717) is 0 Å². The molecule has 1 saturated heterocycles. The lowest BCUT2D eigenvalue weighted by Gasteiger charge is -2.44. The van der Waals surface area contributed by atoms with Crippen LogP contribution in [-0.2, 0) is 14.1 Å². The molecule has 0 saturated carbocycles. The number of ether oxygens (including phenoxy) is 1. The van der Waals surface area contributed by atoms with E-state index in [9.17, 15) is 20.1 Å². The second-order valence-corrected chi connectivity index (χ2v) is 5.14. The van der Waals surface area contributed by atoms with E-state index >= 15 is 0 Å². The summed E-state index contributed by atoms with van der Waals surface area (Å²) in [6.45, 7) is 0.402. The van der Waals surface area contributed by atoms with E-state index in [0.717, 1.165) is 6.92 Å². The number of hydrogen-bond donors (Lipinski definition) is 8. The summed E-state index contributed by atoms with van der Waals surface area (Å²) in [4.78, 5) is 32.7. The van der Waals surface area contributed by atoms with Crippen molar-refractivity contribution in [3.63, 3.8) is 0 Å². The minimum absolute atomic E-state index is 0.638. The molecule has 11 nitrogen and oxygen atoms in total. The molecule has 0 aromatic rings. The maximum atomic E-state index is 11.1. The van der Waals surface area contributed by atoms with Gasteiger partial charge in [0.05, 0.1) is 12.6 Å². The number of nitrogens with two attached hydrogens (primary N) is 1. The topological polar surface area (TPSA) is 211 Å². The van der Waals surface area contributed by atoms with E-state index in [1.165, 1.54) is 0 Å². The molecule has 0 radical (unpaired) electrons. The summed E-state index contributed by atoms with van der Waals surface area (Å²) in [7, 11) is -4.64. The molecule has 1 unspecified atom stereocenters. The highest BCUT2D eigenvalue weighted by atomic mass is 31.2. The Morgan fingerprint density at radius 3 is 2.00 bits per heavy atom. The summed E-state index contributed by atoms with van der Waals surface area (Å²) in [6, 6.07) is -1.45. The fraction of sp³-hybridized carbons (Fsp3) is 0.875. The van der Waals surface area contributed by atoms with Crippen molar-refractivity contribution in [2.75, 3.05) is 6.61 Å². The third-order valence-corrected chi connectivity index (χ3v) is 2.57. The van der Waals surface area contributed by atoms with E-state index in [1.807, 2.05) is 0 Å². The van der Waals surface area contributed by atoms with Gasteiger partial charge in [-0.05, 0) is 0 Å². The molecule has 20 heavy (non-hydrogen) atoms. The Bertz CT molecular complexity index is 375. The third kappa shape index (κ3) is 5.14. The molecular weight excluding hydrogens is 301 g/mol. The van der Waals surface area contributed by atoms with Gasteiger partial charge in [-0.3, -0.25) is 4.79 Å². The standard InChI is InChI=1S/C8H15NO6.H3O4P/c1-3(11)8(14)7(9)6(13)5(12)4(2-10)15-8;1-5(2,3)4/h4-7,10,12-14H,2,9H2,1H3;(H3,1,2,3,4)/t4-,5-,6+,7-,8?;/m1./s1. The second kappa shape index (κ2) is 7.00. The smallest absolute Gasteiger partial charge is 0.394 e. The Labute approximate surface area is 113 Å². The van der Waals surface area contributed by atoms with Crippen LogP contribution in [0.25, 0.3) is 0 Å². The number of carbonyl (C=O) groups excluding carboxylic acids is 1. The van der Waals surface area contributed by atoms with Crippen LogP contribution in [-0.4, -0.2) is 77.6 Å². The Hall–Kier alpha value is -0.460. The van der Waals surface area contributed by atoms with E-state index in [1.54, 1.807) is 0 Å². The summed E-state index contributed by atoms with van der Waals surface area (Å²) in [6.07, 6.45) is -4.22. The van der Waals surface area contributed by atoms with Crippen LogP contribution >= 0.6 is 7.82 Å². The molecule has 1 aliphatic rings. The lowest BCUT2D eigenvalue weighted by molar-refractivity contribution is -0.296. The average molecular weight is 319 g/mol. The van der Waals surface area contributed by atoms with Gasteiger partial charge in [0, 0.05) is 6.92 Å². The molecule has 0 aliphatic carbocycles. The quantitative estimate of drug-likeness (QED) is 0.228. The molecular formula is C8H18NO10P. The van der Waals surface area contributed by atoms with Crippen molar-refractivity contribution < 1.29 is 49.2 Å². The molecule has 1 fully saturated rings. The van der Waals surface area contributed by atoms with Crippen LogP contribution in [0.4, 0.5) is 0 Å². The van der Waals surface area contributed by atoms with Gasteiger partial charge in [-0.25, -0.2) is 4.57 Å². The number of aliphatic hydroxyl groups excluding tert-OH is 3. The maximum absolute atomic E-state index is 11.1. The Morgan fingerprint density at radius 1 is 1.30 bits per heavy atom. The van der Waals surface area contributed by atoms with Gasteiger partial charge in [0.1, 0.15) is 18.3 Å². The van der Waals surface area contributed by atoms with Crippen molar-refractivity contribution in [3.8, 4) is 0 Å². The maximum Gasteiger partial charge on any atom is 0.466 e. The van der Waals surface area contributed by atoms with Gasteiger partial charge in [0.15, 0.2) is 5.78 Å². The number of ketones is 1. The normalized spacial score (nSPS) is 37.9. The highest BCUT2D eigenvalue weighted by Crippen LogP contribution is 2.27. The van der Waals surface area contributed by atoms with Crippen LogP contribution in [0, 0.1) is 0 Å². The lowest BCUT2D eigenvalue weighted by atomic mass is 9.89. The molecule has 0 aromatic carbocycles. The zero-order valence-corrected chi connectivity index (χ0v) is 11.3. The molecule has 0 amide bonds. The van der Waals surface area contributed by atoms with Crippen molar-refractivity contribution in [2.45, 2.75) is 37.1 Å². The number of rotatable bonds is 2. The SMILES string of the molecule is CC(=O)C1(O)O[C@H](CO)[C@@H](O)[C@H](O)[C@H]1N.O=P(O)(O)O. The summed E-state index contributed by atoms with van der Waals surface area (Å²) >= 11 is 0. The third-order valence-electron chi connectivity index (χ3n) is 2.57. The van der Waals surface area contributed by atoms with Gasteiger partial charge >= 0.3 is 7.82 Å². The zero-order valence-electron chi connectivity index (χ0n) is 10.4. The van der Waals surface area contributed by atoms with Crippen molar-refractivity contribution >= 4 is 13.6 Å². The fourth-order valence-electron chi connectivity index (χ4n) is 1.51. The highest BCUT2D eigenvalue weighted by Gasteiger charge is 2.54. The highest BCUT2D eigenvalue weighted by molar-refractivity contribution is 7.45. The number of phosphoric acid groups is 1. The summed E-state index contributed by atoms with van der Waals surface area (Å²) in [5, 5.41) is 37.4. The van der Waals surface area contributed by atoms with Crippen molar-refractivity contribution in [3.05, 3.63) is 0 Å². The van der Waals surface area contributed by atoms with Crippen LogP contribution in [0.1, 0.15) is 6.92 Å². The molecule has 0 bridgehead atoms. The number of aliphatic hydroxyl groups is 4. The number of Topliss-reactive ketones (excluding diaryl/α,β-unsaturated/α-hetero) is 1. The van der Waals surface area contributed by atoms with Gasteiger partial charge < -0.3 is 45.6 Å². The second-order valence-electron chi connectivity index (χ2n) is 4.11. The predicted octanol–water partition coefficient (Wildman–Crippen LogP) is -4.22. The first-order valence-electron chi connectivity index (χ1n) is 5.26. The minimum atomic E-state index is -4.64. The molecule has 1 heterocycles. The fourth-order valence-corrected chi connectivity index (χ4v) is 1.51. The van der Waals surface area contributed by atoms with Gasteiger partial charge in [-0.15, -0.1) is 0 Å². The van der Waals surface area contributed by atoms with Crippen molar-refractivity contribution in [1.82, 2.24) is 0 Å². The lowest BCUT2D eigenvalue weighted by Crippen LogP contribution is -2.70. The average Bonchev–Trinajstić information content (AvgIpc) is 2.29. The first-order valence-corrected chi connectivity index (χ1v) is 6.83. The van der Waals surface area contributed by atoms with Crippen LogP contribution in [0.3, 0.4) is 0 Å². The number of carbonyl (C=O) groups is 1. The first kappa shape index (κ1) is 19.5. The molecule has 1 aliphatic heterocycles. The van der Waals surface area contributed by atoms with Gasteiger partial charge in [0.2, 0.25) is 5.79 Å². The summed E-state index contributed by atoms with van der Waals surface area (Å²) in [5.74, 6) is -3.16. The molecule has 0 aromatic heterocycles. The summed E-state index contributed by atoms with van der Waals surface area (Å²) < 4.78 is 13.7. The van der Waals surface area contributed by atoms with Crippen molar-refractivity contribution in [2.24, 2.45) is 5.73 Å². The number of hydrogen-bond acceptors (Lipinski definition) is 8. The molecule has 120 valence electrons. The molecule has 12 heteroatoms. The minimum Gasteiger partial charge on any atom is -0.394 e.